The molecule has 3 rings (SSSR count). The fraction of sp³-hybridized carbons (Fsp3) is 0.0769. The minimum Gasteiger partial charge on any atom is -0.405 e. The zero-order valence-electron chi connectivity index (χ0n) is 10.0. The van der Waals surface area contributed by atoms with Crippen molar-refractivity contribution in [3.63, 3.8) is 0 Å². The quantitative estimate of drug-likeness (QED) is 0.722. The number of aromatic nitrogens is 3. The maximum atomic E-state index is 12.4. The van der Waals surface area contributed by atoms with E-state index in [0.29, 0.717) is 16.9 Å². The van der Waals surface area contributed by atoms with Crippen LogP contribution >= 0.6 is 0 Å². The van der Waals surface area contributed by atoms with E-state index in [1.807, 2.05) is 0 Å². The van der Waals surface area contributed by atoms with E-state index in [2.05, 4.69) is 14.7 Å². The van der Waals surface area contributed by atoms with E-state index in [4.69, 9.17) is 0 Å². The second-order valence-corrected chi connectivity index (χ2v) is 3.99. The highest BCUT2D eigenvalue weighted by Gasteiger charge is 2.32. The maximum absolute atomic E-state index is 12.4. The number of hydrogen-bond donors (Lipinski definition) is 0. The van der Waals surface area contributed by atoms with Crippen molar-refractivity contribution in [2.24, 2.45) is 0 Å². The number of halogens is 3. The van der Waals surface area contributed by atoms with Crippen LogP contribution in [-0.2, 0) is 0 Å². The molecule has 7 heteroatoms. The van der Waals surface area contributed by atoms with Crippen LogP contribution in [0.2, 0.25) is 0 Å². The Kier molecular flexibility index (Phi) is 2.81. The third kappa shape index (κ3) is 2.29. The Hall–Kier alpha value is -2.57. The molecule has 0 atom stereocenters. The normalized spacial score (nSPS) is 11.8. The molecule has 3 aromatic rings. The van der Waals surface area contributed by atoms with E-state index in [9.17, 15) is 13.2 Å². The van der Waals surface area contributed by atoms with Crippen LogP contribution in [0, 0.1) is 0 Å². The fourth-order valence-corrected chi connectivity index (χ4v) is 1.93. The monoisotopic (exact) mass is 279 g/mol. The molecule has 0 radical (unpaired) electrons. The number of ether oxygens (including phenoxy) is 1. The van der Waals surface area contributed by atoms with Crippen LogP contribution in [0.15, 0.2) is 49.1 Å². The highest BCUT2D eigenvalue weighted by Crippen LogP contribution is 2.33. The third-order valence-electron chi connectivity index (χ3n) is 2.71. The Morgan fingerprint density at radius 1 is 1.10 bits per heavy atom. The van der Waals surface area contributed by atoms with E-state index in [-0.39, 0.29) is 5.75 Å². The Morgan fingerprint density at radius 3 is 2.70 bits per heavy atom. The molecule has 2 aromatic heterocycles. The average molecular weight is 279 g/mol. The molecule has 0 spiro atoms. The number of hydrogen-bond acceptors (Lipinski definition) is 3. The summed E-state index contributed by atoms with van der Waals surface area (Å²) in [6, 6.07) is 5.93. The predicted molar refractivity (Wildman–Crippen MR) is 65.1 cm³/mol. The summed E-state index contributed by atoms with van der Waals surface area (Å²) in [6.07, 6.45) is 1.43. The first kappa shape index (κ1) is 12.5. The number of para-hydroxylation sites is 1. The first-order valence-corrected chi connectivity index (χ1v) is 5.67. The van der Waals surface area contributed by atoms with Gasteiger partial charge in [0.05, 0.1) is 18.1 Å². The van der Waals surface area contributed by atoms with Gasteiger partial charge in [0.25, 0.3) is 0 Å². The lowest BCUT2D eigenvalue weighted by molar-refractivity contribution is -0.274. The number of imidazole rings is 1. The van der Waals surface area contributed by atoms with Crippen molar-refractivity contribution in [3.05, 3.63) is 49.1 Å². The first-order valence-electron chi connectivity index (χ1n) is 5.67. The van der Waals surface area contributed by atoms with Gasteiger partial charge in [-0.1, -0.05) is 12.1 Å². The van der Waals surface area contributed by atoms with Gasteiger partial charge in [-0.25, -0.2) is 4.98 Å². The summed E-state index contributed by atoms with van der Waals surface area (Å²) in [7, 11) is 0. The van der Waals surface area contributed by atoms with Gasteiger partial charge in [-0.15, -0.1) is 13.2 Å². The van der Waals surface area contributed by atoms with Gasteiger partial charge in [0, 0.05) is 18.0 Å². The van der Waals surface area contributed by atoms with Gasteiger partial charge >= 0.3 is 6.36 Å². The molecule has 20 heavy (non-hydrogen) atoms. The molecule has 0 aliphatic heterocycles. The zero-order valence-corrected chi connectivity index (χ0v) is 10.0. The molecule has 0 unspecified atom stereocenters. The van der Waals surface area contributed by atoms with Crippen LogP contribution < -0.4 is 4.74 Å². The highest BCUT2D eigenvalue weighted by atomic mass is 19.4. The molecule has 0 saturated heterocycles. The summed E-state index contributed by atoms with van der Waals surface area (Å²) >= 11 is 0. The summed E-state index contributed by atoms with van der Waals surface area (Å²) in [5.41, 5.74) is 1.36. The van der Waals surface area contributed by atoms with Gasteiger partial charge in [0.1, 0.15) is 5.75 Å². The molecule has 0 fully saturated rings. The first-order chi connectivity index (χ1) is 9.54. The number of alkyl halides is 3. The zero-order chi connectivity index (χ0) is 14.2. The standard InChI is InChI=1S/C13H8F3N3O/c14-13(15,16)20-11-4-2-1-3-9(11)10-7-18-12-8-17-5-6-19(10)12/h1-8H. The lowest BCUT2D eigenvalue weighted by Crippen LogP contribution is -2.17. The molecule has 0 amide bonds. The van der Waals surface area contributed by atoms with Crippen LogP contribution in [0.5, 0.6) is 5.75 Å². The Balaban J connectivity index is 2.15. The minimum atomic E-state index is -4.74. The third-order valence-corrected chi connectivity index (χ3v) is 2.71. The summed E-state index contributed by atoms with van der Waals surface area (Å²) in [6.45, 7) is 0. The van der Waals surface area contributed by atoms with Crippen molar-refractivity contribution in [1.29, 1.82) is 0 Å². The van der Waals surface area contributed by atoms with Gasteiger partial charge in [-0.2, -0.15) is 0 Å². The van der Waals surface area contributed by atoms with Gasteiger partial charge in [-0.3, -0.25) is 9.38 Å². The molecular formula is C13H8F3N3O. The van der Waals surface area contributed by atoms with Gasteiger partial charge < -0.3 is 4.74 Å². The second kappa shape index (κ2) is 4.52. The highest BCUT2D eigenvalue weighted by molar-refractivity contribution is 5.69. The van der Waals surface area contributed by atoms with Crippen molar-refractivity contribution in [3.8, 4) is 17.0 Å². The van der Waals surface area contributed by atoms with Crippen molar-refractivity contribution in [1.82, 2.24) is 14.4 Å². The number of fused-ring (bicyclic) bond motifs is 1. The number of rotatable bonds is 2. The van der Waals surface area contributed by atoms with E-state index >= 15 is 0 Å². The van der Waals surface area contributed by atoms with Crippen LogP contribution in [0.1, 0.15) is 0 Å². The smallest absolute Gasteiger partial charge is 0.405 e. The number of nitrogens with zero attached hydrogens (tertiary/aromatic N) is 3. The van der Waals surface area contributed by atoms with Gasteiger partial charge in [0.2, 0.25) is 0 Å². The van der Waals surface area contributed by atoms with E-state index in [0.717, 1.165) is 0 Å². The van der Waals surface area contributed by atoms with Crippen LogP contribution in [0.4, 0.5) is 13.2 Å². The molecule has 0 aliphatic rings. The van der Waals surface area contributed by atoms with Crippen LogP contribution in [-0.4, -0.2) is 20.7 Å². The van der Waals surface area contributed by atoms with Gasteiger partial charge in [0.15, 0.2) is 5.65 Å². The molecule has 0 N–H and O–H groups in total. The molecule has 102 valence electrons. The van der Waals surface area contributed by atoms with Crippen molar-refractivity contribution in [2.45, 2.75) is 6.36 Å². The van der Waals surface area contributed by atoms with E-state index < -0.39 is 6.36 Å². The molecular weight excluding hydrogens is 271 g/mol. The summed E-state index contributed by atoms with van der Waals surface area (Å²) in [5, 5.41) is 0. The predicted octanol–water partition coefficient (Wildman–Crippen LogP) is 3.29. The lowest BCUT2D eigenvalue weighted by Gasteiger charge is -2.12. The molecule has 4 nitrogen and oxygen atoms in total. The SMILES string of the molecule is FC(F)(F)Oc1ccccc1-c1cnc2cnccn12. The average Bonchev–Trinajstić information content (AvgIpc) is 2.81. The summed E-state index contributed by atoms with van der Waals surface area (Å²) in [5.74, 6) is -0.265. The largest absolute Gasteiger partial charge is 0.573 e. The number of benzene rings is 1. The Bertz CT molecular complexity index is 752. The van der Waals surface area contributed by atoms with Crippen molar-refractivity contribution < 1.29 is 17.9 Å². The minimum absolute atomic E-state index is 0.265. The van der Waals surface area contributed by atoms with Crippen molar-refractivity contribution >= 4 is 5.65 Å². The van der Waals surface area contributed by atoms with Gasteiger partial charge in [-0.05, 0) is 12.1 Å². The fourth-order valence-electron chi connectivity index (χ4n) is 1.93. The summed E-state index contributed by atoms with van der Waals surface area (Å²) < 4.78 is 43.0. The molecule has 1 aromatic carbocycles. The second-order valence-electron chi connectivity index (χ2n) is 3.99. The topological polar surface area (TPSA) is 39.4 Å². The molecule has 0 bridgehead atoms. The Morgan fingerprint density at radius 2 is 1.90 bits per heavy atom. The molecule has 0 saturated carbocycles. The molecule has 0 aliphatic carbocycles. The summed E-state index contributed by atoms with van der Waals surface area (Å²) in [4.78, 5) is 8.00. The van der Waals surface area contributed by atoms with E-state index in [1.165, 1.54) is 30.7 Å². The van der Waals surface area contributed by atoms with Crippen molar-refractivity contribution in [2.75, 3.05) is 0 Å². The van der Waals surface area contributed by atoms with Crippen LogP contribution in [0.25, 0.3) is 16.9 Å². The molecule has 2 heterocycles. The Labute approximate surface area is 111 Å². The van der Waals surface area contributed by atoms with E-state index in [1.54, 1.807) is 22.7 Å². The lowest BCUT2D eigenvalue weighted by atomic mass is 10.1. The maximum Gasteiger partial charge on any atom is 0.573 e. The van der Waals surface area contributed by atoms with Crippen LogP contribution in [0.3, 0.4) is 0 Å².